The number of nitrogens with zero attached hydrogens (tertiary/aromatic N) is 1. The summed E-state index contributed by atoms with van der Waals surface area (Å²) in [6, 6.07) is 12.6. The fourth-order valence-corrected chi connectivity index (χ4v) is 2.47. The normalized spacial score (nSPS) is 15.0. The molecule has 0 spiro atoms. The van der Waals surface area contributed by atoms with Gasteiger partial charge in [-0.15, -0.1) is 0 Å². The van der Waals surface area contributed by atoms with Crippen LogP contribution in [0.15, 0.2) is 47.6 Å². The summed E-state index contributed by atoms with van der Waals surface area (Å²) >= 11 is 0. The van der Waals surface area contributed by atoms with Crippen LogP contribution in [0.5, 0.6) is 5.75 Å². The van der Waals surface area contributed by atoms with Crippen molar-refractivity contribution in [3.05, 3.63) is 59.2 Å². The molecule has 0 bridgehead atoms. The summed E-state index contributed by atoms with van der Waals surface area (Å²) in [5, 5.41) is 13.6. The lowest BCUT2D eigenvalue weighted by Crippen LogP contribution is -2.18. The summed E-state index contributed by atoms with van der Waals surface area (Å²) in [7, 11) is 0. The molecule has 5 nitrogen and oxygen atoms in total. The van der Waals surface area contributed by atoms with Crippen molar-refractivity contribution < 1.29 is 14.6 Å². The van der Waals surface area contributed by atoms with E-state index in [9.17, 15) is 9.90 Å². The van der Waals surface area contributed by atoms with Crippen LogP contribution in [0, 0.1) is 6.92 Å². The van der Waals surface area contributed by atoms with E-state index in [0.717, 1.165) is 22.6 Å². The number of fused-ring (bicyclic) bond motifs is 1. The van der Waals surface area contributed by atoms with Gasteiger partial charge in [0, 0.05) is 12.0 Å². The Bertz CT molecular complexity index is 753. The monoisotopic (exact) mass is 296 g/mol. The largest absolute Gasteiger partial charge is 0.492 e. The molecule has 0 amide bonds. The summed E-state index contributed by atoms with van der Waals surface area (Å²) in [6.07, 6.45) is 0.679. The van der Waals surface area contributed by atoms with Gasteiger partial charge in [0.2, 0.25) is 0 Å². The molecule has 0 radical (unpaired) electrons. The minimum Gasteiger partial charge on any atom is -0.492 e. The number of para-hydroxylation sites is 2. The highest BCUT2D eigenvalue weighted by atomic mass is 16.5. The minimum atomic E-state index is -0.980. The zero-order valence-corrected chi connectivity index (χ0v) is 12.2. The Hall–Kier alpha value is -2.82. The van der Waals surface area contributed by atoms with Gasteiger partial charge in [-0.3, -0.25) is 5.43 Å². The standard InChI is InChI=1S/C17H16N2O3/c1-11-5-4-7-12-15(9-10-22-16(11)12)19-18-14-8-3-2-6-13(14)17(20)21/h2-8,18H,9-10H2,1H3,(H,20,21)/b19-15+. The van der Waals surface area contributed by atoms with E-state index in [2.05, 4.69) is 10.5 Å². The smallest absolute Gasteiger partial charge is 0.337 e. The zero-order chi connectivity index (χ0) is 15.5. The zero-order valence-electron chi connectivity index (χ0n) is 12.2. The first-order valence-corrected chi connectivity index (χ1v) is 7.04. The Morgan fingerprint density at radius 3 is 2.86 bits per heavy atom. The number of anilines is 1. The van der Waals surface area contributed by atoms with Crippen molar-refractivity contribution in [1.82, 2.24) is 0 Å². The predicted molar refractivity (Wildman–Crippen MR) is 84.9 cm³/mol. The Balaban J connectivity index is 1.93. The molecule has 2 aromatic rings. The summed E-state index contributed by atoms with van der Waals surface area (Å²) in [6.45, 7) is 2.56. The van der Waals surface area contributed by atoms with Gasteiger partial charge in [0.15, 0.2) is 0 Å². The molecule has 0 unspecified atom stereocenters. The number of ether oxygens (including phenoxy) is 1. The number of carbonyl (C=O) groups is 1. The maximum Gasteiger partial charge on any atom is 0.337 e. The number of aryl methyl sites for hydroxylation is 1. The van der Waals surface area contributed by atoms with Gasteiger partial charge in [-0.05, 0) is 30.7 Å². The van der Waals surface area contributed by atoms with Crippen LogP contribution in [-0.2, 0) is 0 Å². The third-order valence-electron chi connectivity index (χ3n) is 3.58. The van der Waals surface area contributed by atoms with Crippen LogP contribution in [0.25, 0.3) is 0 Å². The second kappa shape index (κ2) is 5.89. The third-order valence-corrected chi connectivity index (χ3v) is 3.58. The molecule has 1 heterocycles. The van der Waals surface area contributed by atoms with Crippen molar-refractivity contribution in [3.8, 4) is 5.75 Å². The van der Waals surface area contributed by atoms with Gasteiger partial charge in [0.25, 0.3) is 0 Å². The molecule has 112 valence electrons. The fourth-order valence-electron chi connectivity index (χ4n) is 2.47. The Morgan fingerprint density at radius 1 is 1.23 bits per heavy atom. The van der Waals surface area contributed by atoms with Crippen molar-refractivity contribution in [1.29, 1.82) is 0 Å². The molecule has 3 rings (SSSR count). The van der Waals surface area contributed by atoms with E-state index < -0.39 is 5.97 Å². The molecule has 2 N–H and O–H groups in total. The Kier molecular flexibility index (Phi) is 3.78. The first-order valence-electron chi connectivity index (χ1n) is 7.04. The van der Waals surface area contributed by atoms with Gasteiger partial charge >= 0.3 is 5.97 Å². The van der Waals surface area contributed by atoms with Crippen LogP contribution < -0.4 is 10.2 Å². The number of hydrogen-bond donors (Lipinski definition) is 2. The van der Waals surface area contributed by atoms with Crippen LogP contribution in [0.2, 0.25) is 0 Å². The Labute approximate surface area is 128 Å². The van der Waals surface area contributed by atoms with Gasteiger partial charge in [0.05, 0.1) is 23.6 Å². The van der Waals surface area contributed by atoms with E-state index in [1.165, 1.54) is 0 Å². The molecular weight excluding hydrogens is 280 g/mol. The van der Waals surface area contributed by atoms with Crippen molar-refractivity contribution in [2.24, 2.45) is 5.10 Å². The molecule has 0 aliphatic carbocycles. The van der Waals surface area contributed by atoms with Crippen LogP contribution in [0.4, 0.5) is 5.69 Å². The van der Waals surface area contributed by atoms with Crippen LogP contribution in [0.3, 0.4) is 0 Å². The molecule has 22 heavy (non-hydrogen) atoms. The van der Waals surface area contributed by atoms with Crippen molar-refractivity contribution in [2.45, 2.75) is 13.3 Å². The van der Waals surface area contributed by atoms with Gasteiger partial charge in [-0.2, -0.15) is 5.10 Å². The number of carboxylic acid groups (broad SMARTS) is 1. The molecule has 1 aliphatic rings. The molecule has 0 saturated carbocycles. The third kappa shape index (κ3) is 2.65. The highest BCUT2D eigenvalue weighted by molar-refractivity contribution is 6.04. The Morgan fingerprint density at radius 2 is 2.05 bits per heavy atom. The first kappa shape index (κ1) is 14.1. The number of hydrazone groups is 1. The highest BCUT2D eigenvalue weighted by Gasteiger charge is 2.18. The molecular formula is C17H16N2O3. The second-order valence-corrected chi connectivity index (χ2v) is 5.07. The summed E-state index contributed by atoms with van der Waals surface area (Å²) in [4.78, 5) is 11.2. The molecule has 0 fully saturated rings. The van der Waals surface area contributed by atoms with Crippen molar-refractivity contribution >= 4 is 17.4 Å². The lowest BCUT2D eigenvalue weighted by molar-refractivity contribution is 0.0698. The number of nitrogens with one attached hydrogen (secondary N) is 1. The maximum absolute atomic E-state index is 11.2. The van der Waals surface area contributed by atoms with Crippen molar-refractivity contribution in [2.75, 3.05) is 12.0 Å². The predicted octanol–water partition coefficient (Wildman–Crippen LogP) is 3.29. The average Bonchev–Trinajstić information content (AvgIpc) is 2.53. The maximum atomic E-state index is 11.2. The van der Waals surface area contributed by atoms with Crippen LogP contribution in [-0.4, -0.2) is 23.4 Å². The molecule has 0 aromatic heterocycles. The number of aromatic carboxylic acids is 1. The van der Waals surface area contributed by atoms with Gasteiger partial charge in [-0.25, -0.2) is 4.79 Å². The SMILES string of the molecule is Cc1cccc2c1OCC/C2=N\Nc1ccccc1C(=O)O. The average molecular weight is 296 g/mol. The van der Waals surface area contributed by atoms with Crippen LogP contribution >= 0.6 is 0 Å². The topological polar surface area (TPSA) is 70.9 Å². The number of benzene rings is 2. The van der Waals surface area contributed by atoms with Gasteiger partial charge in [0.1, 0.15) is 5.75 Å². The van der Waals surface area contributed by atoms with E-state index >= 15 is 0 Å². The summed E-state index contributed by atoms with van der Waals surface area (Å²) in [5.41, 5.74) is 6.43. The van der Waals surface area contributed by atoms with E-state index in [1.807, 2.05) is 25.1 Å². The van der Waals surface area contributed by atoms with Crippen molar-refractivity contribution in [3.63, 3.8) is 0 Å². The molecule has 2 aromatic carbocycles. The van der Waals surface area contributed by atoms with E-state index in [0.29, 0.717) is 18.7 Å². The molecule has 0 saturated heterocycles. The fraction of sp³-hybridized carbons (Fsp3) is 0.176. The first-order chi connectivity index (χ1) is 10.7. The summed E-state index contributed by atoms with van der Waals surface area (Å²) in [5.74, 6) is -0.132. The van der Waals surface area contributed by atoms with Gasteiger partial charge < -0.3 is 9.84 Å². The summed E-state index contributed by atoms with van der Waals surface area (Å²) < 4.78 is 5.70. The lowest BCUT2D eigenvalue weighted by atomic mass is 10.0. The van der Waals surface area contributed by atoms with Gasteiger partial charge in [-0.1, -0.05) is 24.3 Å². The van der Waals surface area contributed by atoms with Crippen LogP contribution in [0.1, 0.15) is 27.9 Å². The lowest BCUT2D eigenvalue weighted by Gasteiger charge is -2.20. The number of carboxylic acids is 1. The van der Waals surface area contributed by atoms with E-state index in [4.69, 9.17) is 4.74 Å². The van der Waals surface area contributed by atoms with E-state index in [-0.39, 0.29) is 5.56 Å². The number of rotatable bonds is 3. The molecule has 5 heteroatoms. The molecule has 1 aliphatic heterocycles. The highest BCUT2D eigenvalue weighted by Crippen LogP contribution is 2.28. The quantitative estimate of drug-likeness (QED) is 0.853. The molecule has 0 atom stereocenters. The second-order valence-electron chi connectivity index (χ2n) is 5.07. The minimum absolute atomic E-state index is 0.198. The van der Waals surface area contributed by atoms with E-state index in [1.54, 1.807) is 24.3 Å². The number of hydrogen-bond acceptors (Lipinski definition) is 4.